The number of carbonyl (C=O) groups excluding carboxylic acids is 1. The molecule has 2 rings (SSSR count). The van der Waals surface area contributed by atoms with Crippen LogP contribution in [0.25, 0.3) is 0 Å². The molecule has 1 N–H and O–H groups in total. The molecule has 1 heterocycles. The number of benzene rings is 1. The van der Waals surface area contributed by atoms with Crippen LogP contribution < -0.4 is 5.32 Å². The molecule has 1 aromatic heterocycles. The third-order valence-corrected chi connectivity index (χ3v) is 4.62. The lowest BCUT2D eigenvalue weighted by molar-refractivity contribution is -0.115. The van der Waals surface area contributed by atoms with Crippen molar-refractivity contribution >= 4 is 35.1 Å². The van der Waals surface area contributed by atoms with Gasteiger partial charge in [-0.15, -0.1) is 16.9 Å². The number of aromatic nitrogens is 4. The van der Waals surface area contributed by atoms with E-state index >= 15 is 0 Å². The molecule has 0 radical (unpaired) electrons. The first-order valence-electron chi connectivity index (χ1n) is 6.95. The summed E-state index contributed by atoms with van der Waals surface area (Å²) >= 11 is 3.11. The van der Waals surface area contributed by atoms with E-state index in [9.17, 15) is 4.79 Å². The maximum Gasteiger partial charge on any atom is 0.225 e. The lowest BCUT2D eigenvalue weighted by Crippen LogP contribution is -2.13. The minimum absolute atomic E-state index is 0.00225. The van der Waals surface area contributed by atoms with Crippen LogP contribution in [0, 0.1) is 0 Å². The summed E-state index contributed by atoms with van der Waals surface area (Å²) in [5.41, 5.74) is 0.858. The van der Waals surface area contributed by atoms with Gasteiger partial charge < -0.3 is 5.32 Å². The van der Waals surface area contributed by atoms with Crippen LogP contribution in [0.15, 0.2) is 34.3 Å². The Kier molecular flexibility index (Phi) is 6.26. The molecule has 22 heavy (non-hydrogen) atoms. The monoisotopic (exact) mass is 337 g/mol. The highest BCUT2D eigenvalue weighted by molar-refractivity contribution is 7.99. The summed E-state index contributed by atoms with van der Waals surface area (Å²) in [7, 11) is 0. The van der Waals surface area contributed by atoms with E-state index in [4.69, 9.17) is 0 Å². The molecule has 8 heteroatoms. The molecule has 6 nitrogen and oxygen atoms in total. The molecule has 2 aromatic rings. The van der Waals surface area contributed by atoms with Crippen molar-refractivity contribution in [2.45, 2.75) is 36.4 Å². The van der Waals surface area contributed by atoms with Crippen molar-refractivity contribution in [1.29, 1.82) is 0 Å². The zero-order valence-electron chi connectivity index (χ0n) is 12.8. The van der Waals surface area contributed by atoms with Crippen molar-refractivity contribution in [3.63, 3.8) is 0 Å². The molecular weight excluding hydrogens is 318 g/mol. The average molecular weight is 337 g/mol. The van der Waals surface area contributed by atoms with Crippen molar-refractivity contribution in [3.8, 4) is 0 Å². The van der Waals surface area contributed by atoms with Gasteiger partial charge in [0.25, 0.3) is 0 Å². The zero-order chi connectivity index (χ0) is 15.9. The van der Waals surface area contributed by atoms with Gasteiger partial charge in [0.15, 0.2) is 0 Å². The predicted octanol–water partition coefficient (Wildman–Crippen LogP) is 3.10. The van der Waals surface area contributed by atoms with Gasteiger partial charge in [-0.1, -0.05) is 23.9 Å². The summed E-state index contributed by atoms with van der Waals surface area (Å²) < 4.78 is 1.76. The molecule has 0 aliphatic rings. The van der Waals surface area contributed by atoms with Gasteiger partial charge in [-0.05, 0) is 42.7 Å². The van der Waals surface area contributed by atoms with Crippen molar-refractivity contribution < 1.29 is 4.79 Å². The van der Waals surface area contributed by atoms with E-state index in [0.29, 0.717) is 12.2 Å². The molecule has 0 bridgehead atoms. The first-order valence-corrected chi connectivity index (χ1v) is 9.16. The second kappa shape index (κ2) is 8.19. The van der Waals surface area contributed by atoms with E-state index in [-0.39, 0.29) is 11.9 Å². The van der Waals surface area contributed by atoms with Gasteiger partial charge >= 0.3 is 0 Å². The number of anilines is 1. The van der Waals surface area contributed by atoms with E-state index in [0.717, 1.165) is 15.7 Å². The summed E-state index contributed by atoms with van der Waals surface area (Å²) in [5.74, 6) is 0.637. The lowest BCUT2D eigenvalue weighted by atomic mass is 10.3. The van der Waals surface area contributed by atoms with Crippen molar-refractivity contribution in [2.24, 2.45) is 0 Å². The number of rotatable bonds is 7. The van der Waals surface area contributed by atoms with Gasteiger partial charge in [-0.3, -0.25) is 4.79 Å². The number of carbonyl (C=O) groups is 1. The fourth-order valence-electron chi connectivity index (χ4n) is 1.80. The van der Waals surface area contributed by atoms with Gasteiger partial charge in [0.2, 0.25) is 11.1 Å². The molecule has 0 aliphatic carbocycles. The lowest BCUT2D eigenvalue weighted by Gasteiger charge is -2.09. The fraction of sp³-hybridized carbons (Fsp3) is 0.429. The third kappa shape index (κ3) is 4.48. The summed E-state index contributed by atoms with van der Waals surface area (Å²) in [4.78, 5) is 13.1. The van der Waals surface area contributed by atoms with E-state index in [1.54, 1.807) is 16.4 Å². The number of thioether (sulfide) groups is 2. The molecule has 0 unspecified atom stereocenters. The Morgan fingerprint density at radius 3 is 2.86 bits per heavy atom. The highest BCUT2D eigenvalue weighted by Crippen LogP contribution is 2.25. The SMILES string of the molecule is CSc1ccccc1NC(=O)CCSc1nnnn1C(C)C. The van der Waals surface area contributed by atoms with Crippen molar-refractivity contribution in [1.82, 2.24) is 20.2 Å². The Bertz CT molecular complexity index is 629. The second-order valence-corrected chi connectivity index (χ2v) is 6.76. The number of hydrogen-bond donors (Lipinski definition) is 1. The molecule has 0 aliphatic heterocycles. The summed E-state index contributed by atoms with van der Waals surface area (Å²) in [6.07, 6.45) is 2.41. The number of nitrogens with one attached hydrogen (secondary N) is 1. The van der Waals surface area contributed by atoms with Gasteiger partial charge in [-0.2, -0.15) is 0 Å². The van der Waals surface area contributed by atoms with Crippen LogP contribution >= 0.6 is 23.5 Å². The number of amides is 1. The molecule has 0 saturated carbocycles. The Labute approximate surface area is 138 Å². The Hall–Kier alpha value is -1.54. The van der Waals surface area contributed by atoms with Gasteiger partial charge in [0.1, 0.15) is 0 Å². The smallest absolute Gasteiger partial charge is 0.225 e. The molecular formula is C14H19N5OS2. The maximum absolute atomic E-state index is 12.0. The summed E-state index contributed by atoms with van der Waals surface area (Å²) in [6, 6.07) is 7.99. The fourth-order valence-corrected chi connectivity index (χ4v) is 3.30. The van der Waals surface area contributed by atoms with Crippen LogP contribution in [0.3, 0.4) is 0 Å². The summed E-state index contributed by atoms with van der Waals surface area (Å²) in [5, 5.41) is 15.3. The molecule has 0 saturated heterocycles. The molecule has 1 aromatic carbocycles. The second-order valence-electron chi connectivity index (χ2n) is 4.85. The number of para-hydroxylation sites is 1. The highest BCUT2D eigenvalue weighted by atomic mass is 32.2. The van der Waals surface area contributed by atoms with E-state index in [1.165, 1.54) is 11.8 Å². The molecule has 1 amide bonds. The average Bonchev–Trinajstić information content (AvgIpc) is 2.96. The van der Waals surface area contributed by atoms with Crippen LogP contribution in [0.4, 0.5) is 5.69 Å². The third-order valence-electron chi connectivity index (χ3n) is 2.89. The van der Waals surface area contributed by atoms with Crippen LogP contribution in [-0.2, 0) is 4.79 Å². The van der Waals surface area contributed by atoms with Crippen LogP contribution in [0.1, 0.15) is 26.3 Å². The van der Waals surface area contributed by atoms with Crippen molar-refractivity contribution in [3.05, 3.63) is 24.3 Å². The van der Waals surface area contributed by atoms with Crippen LogP contribution in [-0.4, -0.2) is 38.1 Å². The number of nitrogens with zero attached hydrogens (tertiary/aromatic N) is 4. The Balaban J connectivity index is 1.84. The predicted molar refractivity (Wildman–Crippen MR) is 90.4 cm³/mol. The molecule has 118 valence electrons. The highest BCUT2D eigenvalue weighted by Gasteiger charge is 2.11. The molecule has 0 fully saturated rings. The van der Waals surface area contributed by atoms with Gasteiger partial charge in [0.05, 0.1) is 11.7 Å². The largest absolute Gasteiger partial charge is 0.325 e. The summed E-state index contributed by atoms with van der Waals surface area (Å²) in [6.45, 7) is 4.04. The zero-order valence-corrected chi connectivity index (χ0v) is 14.4. The Morgan fingerprint density at radius 1 is 1.36 bits per heavy atom. The van der Waals surface area contributed by atoms with Crippen LogP contribution in [0.2, 0.25) is 0 Å². The van der Waals surface area contributed by atoms with E-state index in [2.05, 4.69) is 20.8 Å². The van der Waals surface area contributed by atoms with Gasteiger partial charge in [-0.25, -0.2) is 4.68 Å². The standard InChI is InChI=1S/C14H19N5OS2/c1-10(2)19-14(16-17-18-19)22-9-8-13(20)15-11-6-4-5-7-12(11)21-3/h4-7,10H,8-9H2,1-3H3,(H,15,20). The maximum atomic E-state index is 12.0. The topological polar surface area (TPSA) is 72.7 Å². The number of hydrogen-bond acceptors (Lipinski definition) is 6. The molecule has 0 atom stereocenters. The minimum atomic E-state index is -0.00225. The van der Waals surface area contributed by atoms with E-state index < -0.39 is 0 Å². The number of tetrazole rings is 1. The first kappa shape index (κ1) is 16.8. The quantitative estimate of drug-likeness (QED) is 0.783. The normalized spacial score (nSPS) is 10.9. The van der Waals surface area contributed by atoms with Crippen LogP contribution in [0.5, 0.6) is 0 Å². The van der Waals surface area contributed by atoms with E-state index in [1.807, 2.05) is 44.4 Å². The molecule has 0 spiro atoms. The van der Waals surface area contributed by atoms with Crippen molar-refractivity contribution in [2.75, 3.05) is 17.3 Å². The Morgan fingerprint density at radius 2 is 2.14 bits per heavy atom. The minimum Gasteiger partial charge on any atom is -0.325 e. The van der Waals surface area contributed by atoms with Gasteiger partial charge in [0, 0.05) is 17.1 Å². The first-order chi connectivity index (χ1) is 10.6.